The molecule has 1 aromatic heterocycles. The number of hydrogen-bond acceptors (Lipinski definition) is 5. The van der Waals surface area contributed by atoms with E-state index >= 15 is 0 Å². The first-order valence-corrected chi connectivity index (χ1v) is 8.95. The van der Waals surface area contributed by atoms with Crippen LogP contribution in [0, 0.1) is 11.6 Å². The highest BCUT2D eigenvalue weighted by Crippen LogP contribution is 2.21. The first-order chi connectivity index (χ1) is 12.5. The maximum absolute atomic E-state index is 13.1. The smallest absolute Gasteiger partial charge is 0.236 e. The SMILES string of the molecule is O=C(CSCc1nc(-c2cccc(Cl)c2)no1)Nc1cc(F)cc(F)c1. The number of benzene rings is 2. The van der Waals surface area contributed by atoms with Crippen LogP contribution in [0.1, 0.15) is 5.89 Å². The van der Waals surface area contributed by atoms with Crippen molar-refractivity contribution >= 4 is 35.0 Å². The van der Waals surface area contributed by atoms with Crippen molar-refractivity contribution in [2.24, 2.45) is 0 Å². The number of nitrogens with one attached hydrogen (secondary N) is 1. The molecule has 9 heteroatoms. The highest BCUT2D eigenvalue weighted by Gasteiger charge is 2.11. The third kappa shape index (κ3) is 5.03. The molecule has 3 aromatic rings. The van der Waals surface area contributed by atoms with Crippen molar-refractivity contribution in [2.45, 2.75) is 5.75 Å². The molecule has 5 nitrogen and oxygen atoms in total. The minimum Gasteiger partial charge on any atom is -0.338 e. The van der Waals surface area contributed by atoms with E-state index in [1.807, 2.05) is 0 Å². The summed E-state index contributed by atoms with van der Waals surface area (Å²) in [4.78, 5) is 16.1. The van der Waals surface area contributed by atoms with E-state index in [4.69, 9.17) is 16.1 Å². The Hall–Kier alpha value is -2.45. The van der Waals surface area contributed by atoms with Gasteiger partial charge in [0.15, 0.2) is 0 Å². The van der Waals surface area contributed by atoms with E-state index in [2.05, 4.69) is 15.5 Å². The summed E-state index contributed by atoms with van der Waals surface area (Å²) in [5.41, 5.74) is 0.789. The van der Waals surface area contributed by atoms with Crippen molar-refractivity contribution in [1.82, 2.24) is 10.1 Å². The monoisotopic (exact) mass is 395 g/mol. The Kier molecular flexibility index (Phi) is 5.85. The highest BCUT2D eigenvalue weighted by atomic mass is 35.5. The second-order valence-electron chi connectivity index (χ2n) is 5.22. The summed E-state index contributed by atoms with van der Waals surface area (Å²) in [6.07, 6.45) is 0. The number of thioether (sulfide) groups is 1. The standard InChI is InChI=1S/C17H12ClF2N3O2S/c18-11-3-1-2-10(4-11)17-22-16(25-23-17)9-26-8-15(24)21-14-6-12(19)5-13(20)7-14/h1-7H,8-9H2,(H,21,24). The van der Waals surface area contributed by atoms with E-state index < -0.39 is 17.5 Å². The molecule has 0 aliphatic rings. The summed E-state index contributed by atoms with van der Waals surface area (Å²) in [6, 6.07) is 9.86. The fourth-order valence-electron chi connectivity index (χ4n) is 2.11. The maximum atomic E-state index is 13.1. The zero-order valence-electron chi connectivity index (χ0n) is 13.2. The van der Waals surface area contributed by atoms with Crippen LogP contribution in [0.5, 0.6) is 0 Å². The first kappa shape index (κ1) is 18.3. The van der Waals surface area contributed by atoms with Gasteiger partial charge >= 0.3 is 0 Å². The number of carbonyl (C=O) groups is 1. The Morgan fingerprint density at radius 3 is 2.69 bits per heavy atom. The minimum atomic E-state index is -0.757. The molecular formula is C17H12ClF2N3O2S. The normalized spacial score (nSPS) is 10.7. The van der Waals surface area contributed by atoms with Gasteiger partial charge in [-0.1, -0.05) is 28.9 Å². The molecule has 1 amide bonds. The van der Waals surface area contributed by atoms with Crippen LogP contribution in [0.3, 0.4) is 0 Å². The topological polar surface area (TPSA) is 68.0 Å². The number of rotatable bonds is 6. The molecule has 0 unspecified atom stereocenters. The van der Waals surface area contributed by atoms with Gasteiger partial charge < -0.3 is 9.84 Å². The number of halogens is 3. The fourth-order valence-corrected chi connectivity index (χ4v) is 2.95. The summed E-state index contributed by atoms with van der Waals surface area (Å²) >= 11 is 7.16. The molecule has 134 valence electrons. The lowest BCUT2D eigenvalue weighted by molar-refractivity contribution is -0.113. The predicted octanol–water partition coefficient (Wildman–Crippen LogP) is 4.54. The minimum absolute atomic E-state index is 0.0625. The van der Waals surface area contributed by atoms with E-state index in [0.717, 1.165) is 23.8 Å². The van der Waals surface area contributed by atoms with Crippen LogP contribution in [0.15, 0.2) is 47.0 Å². The Bertz CT molecular complexity index is 916. The maximum Gasteiger partial charge on any atom is 0.236 e. The molecule has 0 saturated carbocycles. The average Bonchev–Trinajstić information content (AvgIpc) is 3.03. The fraction of sp³-hybridized carbons (Fsp3) is 0.118. The molecular weight excluding hydrogens is 384 g/mol. The van der Waals surface area contributed by atoms with Crippen molar-refractivity contribution < 1.29 is 18.1 Å². The highest BCUT2D eigenvalue weighted by molar-refractivity contribution is 7.99. The van der Waals surface area contributed by atoms with Gasteiger partial charge in [0.25, 0.3) is 0 Å². The molecule has 0 radical (unpaired) electrons. The molecule has 0 fully saturated rings. The summed E-state index contributed by atoms with van der Waals surface area (Å²) in [7, 11) is 0. The number of nitrogens with zero attached hydrogens (tertiary/aromatic N) is 2. The molecule has 2 aromatic carbocycles. The van der Waals surface area contributed by atoms with Gasteiger partial charge in [0.2, 0.25) is 17.6 Å². The lowest BCUT2D eigenvalue weighted by atomic mass is 10.2. The average molecular weight is 396 g/mol. The van der Waals surface area contributed by atoms with Crippen molar-refractivity contribution in [3.05, 3.63) is 65.0 Å². The van der Waals surface area contributed by atoms with E-state index in [-0.39, 0.29) is 11.4 Å². The second kappa shape index (κ2) is 8.29. The Morgan fingerprint density at radius 2 is 1.96 bits per heavy atom. The van der Waals surface area contributed by atoms with Crippen LogP contribution in [0.2, 0.25) is 5.02 Å². The molecule has 0 aliphatic carbocycles. The van der Waals surface area contributed by atoms with Gasteiger partial charge in [-0.3, -0.25) is 4.79 Å². The molecule has 26 heavy (non-hydrogen) atoms. The lowest BCUT2D eigenvalue weighted by Crippen LogP contribution is -2.14. The summed E-state index contributed by atoms with van der Waals surface area (Å²) < 4.78 is 31.3. The molecule has 1 N–H and O–H groups in total. The van der Waals surface area contributed by atoms with Crippen molar-refractivity contribution in [2.75, 3.05) is 11.1 Å². The Morgan fingerprint density at radius 1 is 1.19 bits per heavy atom. The van der Waals surface area contributed by atoms with Crippen molar-refractivity contribution in [1.29, 1.82) is 0 Å². The largest absolute Gasteiger partial charge is 0.338 e. The lowest BCUT2D eigenvalue weighted by Gasteiger charge is -2.04. The number of carbonyl (C=O) groups excluding carboxylic acids is 1. The second-order valence-corrected chi connectivity index (χ2v) is 6.64. The molecule has 3 rings (SSSR count). The van der Waals surface area contributed by atoms with Gasteiger partial charge in [0, 0.05) is 22.3 Å². The third-order valence-corrected chi connectivity index (χ3v) is 4.31. The van der Waals surface area contributed by atoms with Gasteiger partial charge in [0.1, 0.15) is 11.6 Å². The number of amides is 1. The number of hydrogen-bond donors (Lipinski definition) is 1. The van der Waals surface area contributed by atoms with Gasteiger partial charge in [0.05, 0.1) is 11.5 Å². The summed E-state index contributed by atoms with van der Waals surface area (Å²) in [6.45, 7) is 0. The van der Waals surface area contributed by atoms with Gasteiger partial charge in [-0.05, 0) is 24.3 Å². The van der Waals surface area contributed by atoms with E-state index in [1.54, 1.807) is 24.3 Å². The van der Waals surface area contributed by atoms with Crippen LogP contribution in [-0.4, -0.2) is 21.8 Å². The van der Waals surface area contributed by atoms with Crippen LogP contribution < -0.4 is 5.32 Å². The zero-order chi connectivity index (χ0) is 18.5. The Labute approximate surface area is 156 Å². The van der Waals surface area contributed by atoms with E-state index in [1.165, 1.54) is 11.8 Å². The third-order valence-electron chi connectivity index (χ3n) is 3.16. The molecule has 0 saturated heterocycles. The Balaban J connectivity index is 1.51. The van der Waals surface area contributed by atoms with Crippen molar-refractivity contribution in [3.63, 3.8) is 0 Å². The quantitative estimate of drug-likeness (QED) is 0.663. The van der Waals surface area contributed by atoms with Gasteiger partial charge in [-0.15, -0.1) is 11.8 Å². The summed E-state index contributed by atoms with van der Waals surface area (Å²) in [5, 5.41) is 6.86. The summed E-state index contributed by atoms with van der Waals surface area (Å²) in [5.74, 6) is -0.766. The zero-order valence-corrected chi connectivity index (χ0v) is 14.8. The van der Waals surface area contributed by atoms with E-state index in [9.17, 15) is 13.6 Å². The molecule has 0 aliphatic heterocycles. The van der Waals surface area contributed by atoms with Crippen LogP contribution in [0.4, 0.5) is 14.5 Å². The van der Waals surface area contributed by atoms with Gasteiger partial charge in [-0.2, -0.15) is 4.98 Å². The number of aromatic nitrogens is 2. The number of anilines is 1. The van der Waals surface area contributed by atoms with Gasteiger partial charge in [-0.25, -0.2) is 8.78 Å². The predicted molar refractivity (Wildman–Crippen MR) is 95.9 cm³/mol. The van der Waals surface area contributed by atoms with Crippen LogP contribution in [-0.2, 0) is 10.5 Å². The van der Waals surface area contributed by atoms with Crippen LogP contribution >= 0.6 is 23.4 Å². The first-order valence-electron chi connectivity index (χ1n) is 7.42. The van der Waals surface area contributed by atoms with Crippen LogP contribution in [0.25, 0.3) is 11.4 Å². The van der Waals surface area contributed by atoms with E-state index in [0.29, 0.717) is 22.5 Å². The molecule has 0 atom stereocenters. The molecule has 0 spiro atoms. The molecule has 0 bridgehead atoms. The molecule has 1 heterocycles. The van der Waals surface area contributed by atoms with Crippen molar-refractivity contribution in [3.8, 4) is 11.4 Å².